The number of fused-ring (bicyclic) bond motifs is 1. The maximum atomic E-state index is 11.8. The van der Waals surface area contributed by atoms with Crippen LogP contribution in [0, 0.1) is 0 Å². The van der Waals surface area contributed by atoms with Gasteiger partial charge < -0.3 is 9.47 Å². The van der Waals surface area contributed by atoms with Crippen molar-refractivity contribution in [1.29, 1.82) is 0 Å². The largest absolute Gasteiger partial charge is 0.368 e. The van der Waals surface area contributed by atoms with Crippen LogP contribution in [0.5, 0.6) is 0 Å². The molecular formula is C30H36N4O2S. The molecular weight excluding hydrogens is 480 g/mol. The molecule has 0 aliphatic carbocycles. The molecule has 0 unspecified atom stereocenters. The Kier molecular flexibility index (Phi) is 6.62. The van der Waals surface area contributed by atoms with Crippen LogP contribution in [0.1, 0.15) is 27.7 Å². The molecule has 0 amide bonds. The van der Waals surface area contributed by atoms with Crippen molar-refractivity contribution in [1.82, 2.24) is 14.5 Å². The minimum absolute atomic E-state index is 0.324. The number of aromatic nitrogens is 2. The normalized spacial score (nSPS) is 19.2. The van der Waals surface area contributed by atoms with Crippen LogP contribution in [0.15, 0.2) is 71.8 Å². The Bertz CT molecular complexity index is 1510. The van der Waals surface area contributed by atoms with E-state index in [9.17, 15) is 8.42 Å². The van der Waals surface area contributed by atoms with Crippen molar-refractivity contribution < 1.29 is 8.42 Å². The Morgan fingerprint density at radius 1 is 0.865 bits per heavy atom. The monoisotopic (exact) mass is 516 g/mol. The molecule has 0 N–H and O–H groups in total. The van der Waals surface area contributed by atoms with E-state index in [2.05, 4.69) is 78.5 Å². The molecule has 1 aliphatic heterocycles. The smallest absolute Gasteiger partial charge is 0.175 e. The molecule has 5 rings (SSSR count). The van der Waals surface area contributed by atoms with Crippen molar-refractivity contribution in [3.05, 3.63) is 66.9 Å². The summed E-state index contributed by atoms with van der Waals surface area (Å²) in [5.41, 5.74) is 7.38. The van der Waals surface area contributed by atoms with E-state index in [4.69, 9.17) is 4.98 Å². The predicted octanol–water partition coefficient (Wildman–Crippen LogP) is 5.62. The number of benzene rings is 2. The van der Waals surface area contributed by atoms with Crippen LogP contribution in [-0.4, -0.2) is 60.3 Å². The summed E-state index contributed by atoms with van der Waals surface area (Å²) in [5.74, 6) is 0. The number of piperazine rings is 1. The quantitative estimate of drug-likeness (QED) is 0.345. The van der Waals surface area contributed by atoms with E-state index in [0.29, 0.717) is 23.0 Å². The van der Waals surface area contributed by atoms with Crippen LogP contribution in [0.4, 0.5) is 5.69 Å². The van der Waals surface area contributed by atoms with Crippen molar-refractivity contribution in [2.75, 3.05) is 24.2 Å². The molecule has 2 aromatic heterocycles. The Morgan fingerprint density at radius 3 is 2.03 bits per heavy atom. The number of rotatable bonds is 5. The molecule has 0 spiro atoms. The second-order valence-corrected chi connectivity index (χ2v) is 12.7. The molecule has 0 saturated carbocycles. The van der Waals surface area contributed by atoms with E-state index in [1.54, 1.807) is 12.1 Å². The third kappa shape index (κ3) is 4.90. The van der Waals surface area contributed by atoms with Gasteiger partial charge in [0, 0.05) is 62.0 Å². The van der Waals surface area contributed by atoms with E-state index in [1.807, 2.05) is 25.4 Å². The molecule has 37 heavy (non-hydrogen) atoms. The van der Waals surface area contributed by atoms with Crippen LogP contribution < -0.4 is 4.90 Å². The summed E-state index contributed by atoms with van der Waals surface area (Å²) in [6.07, 6.45) is 3.16. The van der Waals surface area contributed by atoms with E-state index >= 15 is 0 Å². The first-order chi connectivity index (χ1) is 17.5. The number of aryl methyl sites for hydroxylation is 1. The van der Waals surface area contributed by atoms with Crippen molar-refractivity contribution >= 4 is 26.6 Å². The van der Waals surface area contributed by atoms with Crippen molar-refractivity contribution in [2.24, 2.45) is 7.05 Å². The number of hydrogen-bond donors (Lipinski definition) is 0. The number of hydrogen-bond acceptors (Lipinski definition) is 5. The van der Waals surface area contributed by atoms with Crippen LogP contribution in [0.25, 0.3) is 33.4 Å². The van der Waals surface area contributed by atoms with E-state index in [1.165, 1.54) is 11.9 Å². The summed E-state index contributed by atoms with van der Waals surface area (Å²) in [7, 11) is -1.20. The maximum absolute atomic E-state index is 11.8. The zero-order valence-corrected chi connectivity index (χ0v) is 23.3. The summed E-state index contributed by atoms with van der Waals surface area (Å²) in [6, 6.07) is 21.7. The van der Waals surface area contributed by atoms with E-state index in [-0.39, 0.29) is 0 Å². The zero-order valence-electron chi connectivity index (χ0n) is 22.5. The van der Waals surface area contributed by atoms with Gasteiger partial charge in [0.25, 0.3) is 0 Å². The Hall–Kier alpha value is -3.16. The summed E-state index contributed by atoms with van der Waals surface area (Å²) < 4.78 is 25.8. The Morgan fingerprint density at radius 2 is 1.46 bits per heavy atom. The first-order valence-electron chi connectivity index (χ1n) is 12.9. The molecule has 1 aliphatic rings. The molecule has 4 aromatic rings. The first kappa shape index (κ1) is 25.5. The number of anilines is 1. The molecule has 2 atom stereocenters. The standard InChI is InChI=1S/C30H36N4O2S/c1-20(2)34-21(3)18-33(19-22(34)4)26-11-7-23(8-12-26)25-15-30-28(31-17-25)16-29(32(30)5)24-9-13-27(14-10-24)37(6,35)36/h7-17,20-22H,18-19H2,1-6H3/t21-,22-/m1/s1. The fourth-order valence-corrected chi connectivity index (χ4v) is 6.57. The molecule has 1 saturated heterocycles. The van der Waals surface area contributed by atoms with Gasteiger partial charge in [-0.1, -0.05) is 24.3 Å². The molecule has 2 aromatic carbocycles. The van der Waals surface area contributed by atoms with Gasteiger partial charge in [-0.15, -0.1) is 0 Å². The molecule has 7 heteroatoms. The van der Waals surface area contributed by atoms with Crippen molar-refractivity contribution in [3.63, 3.8) is 0 Å². The molecule has 194 valence electrons. The summed E-state index contributed by atoms with van der Waals surface area (Å²) in [4.78, 5) is 10.2. The van der Waals surface area contributed by atoms with Crippen LogP contribution in [-0.2, 0) is 16.9 Å². The van der Waals surface area contributed by atoms with Crippen molar-refractivity contribution in [2.45, 2.75) is 50.7 Å². The van der Waals surface area contributed by atoms with Gasteiger partial charge in [-0.05, 0) is 75.2 Å². The third-order valence-electron chi connectivity index (χ3n) is 7.62. The van der Waals surface area contributed by atoms with Gasteiger partial charge in [0.15, 0.2) is 9.84 Å². The highest BCUT2D eigenvalue weighted by Gasteiger charge is 2.31. The van der Waals surface area contributed by atoms with Gasteiger partial charge in [0.05, 0.1) is 21.6 Å². The van der Waals surface area contributed by atoms with Crippen LogP contribution in [0.3, 0.4) is 0 Å². The Labute approximate surface area is 220 Å². The molecule has 1 fully saturated rings. The maximum Gasteiger partial charge on any atom is 0.175 e. The summed E-state index contributed by atoms with van der Waals surface area (Å²) in [6.45, 7) is 11.3. The van der Waals surface area contributed by atoms with E-state index < -0.39 is 9.84 Å². The molecule has 0 radical (unpaired) electrons. The second-order valence-electron chi connectivity index (χ2n) is 10.7. The average Bonchev–Trinajstić information content (AvgIpc) is 3.18. The summed E-state index contributed by atoms with van der Waals surface area (Å²) >= 11 is 0. The number of sulfone groups is 1. The SMILES string of the molecule is CC(C)N1[C@H](C)CN(c2ccc(-c3cnc4cc(-c5ccc(S(C)(=O)=O)cc5)n(C)c4c3)cc2)C[C@H]1C. The third-order valence-corrected chi connectivity index (χ3v) is 8.75. The minimum Gasteiger partial charge on any atom is -0.368 e. The van der Waals surface area contributed by atoms with Gasteiger partial charge in [-0.25, -0.2) is 8.42 Å². The molecule has 6 nitrogen and oxygen atoms in total. The van der Waals surface area contributed by atoms with Crippen LogP contribution >= 0.6 is 0 Å². The topological polar surface area (TPSA) is 58.4 Å². The lowest BCUT2D eigenvalue weighted by molar-refractivity contribution is 0.0954. The highest BCUT2D eigenvalue weighted by Crippen LogP contribution is 2.31. The van der Waals surface area contributed by atoms with Crippen LogP contribution in [0.2, 0.25) is 0 Å². The highest BCUT2D eigenvalue weighted by atomic mass is 32.2. The summed E-state index contributed by atoms with van der Waals surface area (Å²) in [5, 5.41) is 0. The highest BCUT2D eigenvalue weighted by molar-refractivity contribution is 7.90. The Balaban J connectivity index is 1.40. The van der Waals surface area contributed by atoms with Gasteiger partial charge in [-0.2, -0.15) is 0 Å². The average molecular weight is 517 g/mol. The molecule has 0 bridgehead atoms. The van der Waals surface area contributed by atoms with Gasteiger partial charge in [0.1, 0.15) is 0 Å². The predicted molar refractivity (Wildman–Crippen MR) is 153 cm³/mol. The lowest BCUT2D eigenvalue weighted by atomic mass is 10.0. The minimum atomic E-state index is -3.22. The lowest BCUT2D eigenvalue weighted by Gasteiger charge is -2.47. The zero-order chi connectivity index (χ0) is 26.5. The second kappa shape index (κ2) is 9.62. The van der Waals surface area contributed by atoms with Gasteiger partial charge in [0.2, 0.25) is 0 Å². The van der Waals surface area contributed by atoms with E-state index in [0.717, 1.165) is 46.5 Å². The number of nitrogens with zero attached hydrogens (tertiary/aromatic N) is 4. The van der Waals surface area contributed by atoms with Crippen molar-refractivity contribution in [3.8, 4) is 22.4 Å². The molecule has 3 heterocycles. The van der Waals surface area contributed by atoms with Gasteiger partial charge >= 0.3 is 0 Å². The fourth-order valence-electron chi connectivity index (χ4n) is 5.94. The first-order valence-corrected chi connectivity index (χ1v) is 14.8. The fraction of sp³-hybridized carbons (Fsp3) is 0.367. The number of pyridine rings is 1. The lowest BCUT2D eigenvalue weighted by Crippen LogP contribution is -2.58. The van der Waals surface area contributed by atoms with Gasteiger partial charge in [-0.3, -0.25) is 9.88 Å².